The number of hydrogen-bond acceptors (Lipinski definition) is 2. The summed E-state index contributed by atoms with van der Waals surface area (Å²) >= 11 is 0. The lowest BCUT2D eigenvalue weighted by Crippen LogP contribution is -2.10. The summed E-state index contributed by atoms with van der Waals surface area (Å²) in [7, 11) is 0. The Morgan fingerprint density at radius 1 is 0.316 bits per heavy atom. The Kier molecular flexibility index (Phi) is 7.82. The molecule has 0 fully saturated rings. The molecule has 268 valence electrons. The van der Waals surface area contributed by atoms with Crippen LogP contribution in [0.15, 0.2) is 223 Å². The van der Waals surface area contributed by atoms with Crippen molar-refractivity contribution in [2.45, 2.75) is 0 Å². The fourth-order valence-corrected chi connectivity index (χ4v) is 8.49. The lowest BCUT2D eigenvalue weighted by Gasteiger charge is -2.26. The second kappa shape index (κ2) is 13.6. The summed E-state index contributed by atoms with van der Waals surface area (Å²) in [4.78, 5) is 2.35. The second-order valence-corrected chi connectivity index (χ2v) is 14.5. The van der Waals surface area contributed by atoms with E-state index in [1.54, 1.807) is 0 Å². The molecule has 0 unspecified atom stereocenters. The van der Waals surface area contributed by atoms with E-state index in [-0.39, 0.29) is 0 Å². The van der Waals surface area contributed by atoms with Crippen LogP contribution in [0.5, 0.6) is 0 Å². The highest BCUT2D eigenvalue weighted by atomic mass is 16.3. The summed E-state index contributed by atoms with van der Waals surface area (Å²) in [5, 5.41) is 4.55. The van der Waals surface area contributed by atoms with E-state index in [4.69, 9.17) is 4.42 Å². The molecule has 0 spiro atoms. The molecule has 0 saturated heterocycles. The zero-order chi connectivity index (χ0) is 37.7. The number of anilines is 3. The van der Waals surface area contributed by atoms with E-state index in [0.717, 1.165) is 55.7 Å². The van der Waals surface area contributed by atoms with Gasteiger partial charge in [0.05, 0.1) is 22.1 Å². The third-order valence-electron chi connectivity index (χ3n) is 11.2. The molecule has 3 nitrogen and oxygen atoms in total. The van der Waals surface area contributed by atoms with Gasteiger partial charge in [-0.05, 0) is 93.4 Å². The van der Waals surface area contributed by atoms with Crippen LogP contribution in [-0.2, 0) is 0 Å². The van der Waals surface area contributed by atoms with Gasteiger partial charge >= 0.3 is 0 Å². The first-order chi connectivity index (χ1) is 28.3. The van der Waals surface area contributed by atoms with Gasteiger partial charge in [-0.25, -0.2) is 0 Å². The molecule has 57 heavy (non-hydrogen) atoms. The normalized spacial score (nSPS) is 11.5. The van der Waals surface area contributed by atoms with Crippen molar-refractivity contribution in [3.8, 4) is 39.1 Å². The van der Waals surface area contributed by atoms with Crippen molar-refractivity contribution in [2.75, 3.05) is 4.90 Å². The zero-order valence-electron chi connectivity index (χ0n) is 31.1. The molecule has 9 aromatic carbocycles. The summed E-state index contributed by atoms with van der Waals surface area (Å²) < 4.78 is 9.43. The van der Waals surface area contributed by atoms with Gasteiger partial charge in [-0.1, -0.05) is 158 Å². The smallest absolute Gasteiger partial charge is 0.139 e. The number of fused-ring (bicyclic) bond motifs is 2. The van der Waals surface area contributed by atoms with Gasteiger partial charge in [-0.15, -0.1) is 0 Å². The average molecular weight is 729 g/mol. The van der Waals surface area contributed by atoms with E-state index >= 15 is 0 Å². The predicted molar refractivity (Wildman–Crippen MR) is 239 cm³/mol. The van der Waals surface area contributed by atoms with Crippen molar-refractivity contribution < 1.29 is 4.42 Å². The SMILES string of the molecule is c1ccc(-c2ccc(N(c3ccc(-c4ccccc4)cc3)c3cc4oc5ccccc5c5cccc6c5c4c(c3)n6-c3ccc(-c4ccccc4)cc3)cc2)cc1. The Morgan fingerprint density at radius 3 is 1.35 bits per heavy atom. The summed E-state index contributed by atoms with van der Waals surface area (Å²) in [5.41, 5.74) is 15.2. The molecule has 0 radical (unpaired) electrons. The quantitative estimate of drug-likeness (QED) is 0.163. The predicted octanol–water partition coefficient (Wildman–Crippen LogP) is 15.2. The molecule has 2 heterocycles. The number of benzene rings is 9. The molecule has 0 saturated carbocycles. The van der Waals surface area contributed by atoms with Gasteiger partial charge in [0.1, 0.15) is 11.2 Å². The van der Waals surface area contributed by atoms with Crippen molar-refractivity contribution in [3.05, 3.63) is 218 Å². The first-order valence-corrected chi connectivity index (χ1v) is 19.4. The Labute approximate surface area is 330 Å². The Morgan fingerprint density at radius 2 is 0.789 bits per heavy atom. The number of hydrogen-bond donors (Lipinski definition) is 0. The van der Waals surface area contributed by atoms with E-state index in [1.165, 1.54) is 44.2 Å². The molecule has 2 aromatic heterocycles. The summed E-state index contributed by atoms with van der Waals surface area (Å²) in [6.07, 6.45) is 0. The van der Waals surface area contributed by atoms with E-state index in [9.17, 15) is 0 Å². The van der Waals surface area contributed by atoms with E-state index in [2.05, 4.69) is 228 Å². The number of aromatic nitrogens is 1. The van der Waals surface area contributed by atoms with Crippen LogP contribution in [0.25, 0.3) is 82.8 Å². The maximum Gasteiger partial charge on any atom is 0.139 e. The highest BCUT2D eigenvalue weighted by molar-refractivity contribution is 6.27. The van der Waals surface area contributed by atoms with Crippen LogP contribution in [0, 0.1) is 0 Å². The topological polar surface area (TPSA) is 21.3 Å². The fourth-order valence-electron chi connectivity index (χ4n) is 8.49. The van der Waals surface area contributed by atoms with Crippen LogP contribution in [-0.4, -0.2) is 4.57 Å². The molecular formula is C54H36N2O. The van der Waals surface area contributed by atoms with Gasteiger partial charge in [-0.3, -0.25) is 0 Å². The van der Waals surface area contributed by atoms with Gasteiger partial charge in [-0.2, -0.15) is 0 Å². The van der Waals surface area contributed by atoms with E-state index in [1.807, 2.05) is 0 Å². The first-order valence-electron chi connectivity index (χ1n) is 19.4. The van der Waals surface area contributed by atoms with Gasteiger partial charge in [0.25, 0.3) is 0 Å². The van der Waals surface area contributed by atoms with Crippen molar-refractivity contribution in [1.82, 2.24) is 4.57 Å². The second-order valence-electron chi connectivity index (χ2n) is 14.5. The first kappa shape index (κ1) is 32.8. The third-order valence-corrected chi connectivity index (χ3v) is 11.2. The number of rotatable bonds is 7. The molecule has 0 N–H and O–H groups in total. The van der Waals surface area contributed by atoms with Crippen LogP contribution < -0.4 is 4.90 Å². The van der Waals surface area contributed by atoms with Crippen LogP contribution >= 0.6 is 0 Å². The van der Waals surface area contributed by atoms with E-state index < -0.39 is 0 Å². The van der Waals surface area contributed by atoms with Crippen LogP contribution in [0.3, 0.4) is 0 Å². The average Bonchev–Trinajstić information content (AvgIpc) is 3.55. The molecule has 11 aromatic rings. The van der Waals surface area contributed by atoms with Crippen molar-refractivity contribution in [3.63, 3.8) is 0 Å². The monoisotopic (exact) mass is 728 g/mol. The maximum atomic E-state index is 7.02. The lowest BCUT2D eigenvalue weighted by molar-refractivity contribution is 0.664. The molecule has 0 atom stereocenters. The third kappa shape index (κ3) is 5.68. The summed E-state index contributed by atoms with van der Waals surface area (Å²) in [6, 6.07) is 78.0. The Hall–Kier alpha value is -7.62. The molecule has 0 amide bonds. The molecule has 3 heteroatoms. The maximum absolute atomic E-state index is 7.02. The highest BCUT2D eigenvalue weighted by Crippen LogP contribution is 2.45. The highest BCUT2D eigenvalue weighted by Gasteiger charge is 2.23. The molecule has 0 aliphatic rings. The molecule has 0 aliphatic carbocycles. The summed E-state index contributed by atoms with van der Waals surface area (Å²) in [6.45, 7) is 0. The Balaban J connectivity index is 1.17. The largest absolute Gasteiger partial charge is 0.456 e. The number of para-hydroxylation sites is 1. The van der Waals surface area contributed by atoms with E-state index in [0.29, 0.717) is 0 Å². The van der Waals surface area contributed by atoms with Gasteiger partial charge in [0, 0.05) is 33.9 Å². The zero-order valence-corrected chi connectivity index (χ0v) is 31.1. The van der Waals surface area contributed by atoms with Gasteiger partial charge in [0.2, 0.25) is 0 Å². The summed E-state index contributed by atoms with van der Waals surface area (Å²) in [5.74, 6) is 0. The van der Waals surface area contributed by atoms with Crippen molar-refractivity contribution in [2.24, 2.45) is 0 Å². The van der Waals surface area contributed by atoms with Crippen LogP contribution in [0.4, 0.5) is 17.1 Å². The molecule has 11 rings (SSSR count). The van der Waals surface area contributed by atoms with Crippen LogP contribution in [0.2, 0.25) is 0 Å². The lowest BCUT2D eigenvalue weighted by atomic mass is 10.0. The molecular weight excluding hydrogens is 693 g/mol. The van der Waals surface area contributed by atoms with Gasteiger partial charge < -0.3 is 13.9 Å². The minimum Gasteiger partial charge on any atom is -0.456 e. The molecule has 0 aliphatic heterocycles. The fraction of sp³-hybridized carbons (Fsp3) is 0. The standard InChI is InChI=1S/C54H36N2O/c1-4-13-37(14-5-1)40-23-29-43(30-24-40)55(44-31-25-41(26-32-44)38-15-6-2-7-16-38)46-35-50-54-52(36-46)57-51-22-11-10-19-47(51)48-20-12-21-49(53(48)54)56(50)45-33-27-42(28-34-45)39-17-8-3-9-18-39/h1-36H. The molecule has 0 bridgehead atoms. The van der Waals surface area contributed by atoms with Crippen molar-refractivity contribution >= 4 is 60.8 Å². The Bertz CT molecular complexity index is 3100. The minimum absolute atomic E-state index is 0.830. The van der Waals surface area contributed by atoms with Crippen molar-refractivity contribution in [1.29, 1.82) is 0 Å². The van der Waals surface area contributed by atoms with Crippen LogP contribution in [0.1, 0.15) is 0 Å². The van der Waals surface area contributed by atoms with Gasteiger partial charge in [0.15, 0.2) is 0 Å². The number of nitrogens with zero attached hydrogens (tertiary/aromatic N) is 2. The minimum atomic E-state index is 0.830.